The molecule has 7 heteroatoms. The Labute approximate surface area is 140 Å². The summed E-state index contributed by atoms with van der Waals surface area (Å²) in [6.45, 7) is 2.64. The van der Waals surface area contributed by atoms with Crippen LogP contribution in [0, 0.1) is 0 Å². The summed E-state index contributed by atoms with van der Waals surface area (Å²) in [5, 5.41) is 14.7. The third-order valence-electron chi connectivity index (χ3n) is 3.64. The highest BCUT2D eigenvalue weighted by atomic mass is 16.5. The van der Waals surface area contributed by atoms with Gasteiger partial charge in [-0.15, -0.1) is 0 Å². The van der Waals surface area contributed by atoms with E-state index in [1.165, 1.54) is 0 Å². The molecule has 0 fully saturated rings. The highest BCUT2D eigenvalue weighted by Crippen LogP contribution is 2.16. The molecule has 2 heterocycles. The Morgan fingerprint density at radius 3 is 2.96 bits per heavy atom. The lowest BCUT2D eigenvalue weighted by Crippen LogP contribution is -2.38. The molecule has 0 amide bonds. The minimum absolute atomic E-state index is 0.0871. The molecule has 2 aromatic heterocycles. The van der Waals surface area contributed by atoms with E-state index in [0.717, 1.165) is 16.9 Å². The molecule has 1 aromatic carbocycles. The van der Waals surface area contributed by atoms with E-state index in [-0.39, 0.29) is 6.04 Å². The van der Waals surface area contributed by atoms with Crippen LogP contribution in [0.4, 0.5) is 0 Å². The topological polar surface area (TPSA) is 80.3 Å². The quantitative estimate of drug-likeness (QED) is 0.556. The molecule has 3 rings (SSSR count). The van der Waals surface area contributed by atoms with Gasteiger partial charge in [0, 0.05) is 25.5 Å². The van der Waals surface area contributed by atoms with Gasteiger partial charge in [-0.2, -0.15) is 5.10 Å². The summed E-state index contributed by atoms with van der Waals surface area (Å²) < 4.78 is 6.66. The van der Waals surface area contributed by atoms with E-state index in [1.807, 2.05) is 35.1 Å². The van der Waals surface area contributed by atoms with Gasteiger partial charge in [-0.25, -0.2) is 4.68 Å². The number of guanidine groups is 1. The zero-order chi connectivity index (χ0) is 16.8. The smallest absolute Gasteiger partial charge is 0.191 e. The van der Waals surface area contributed by atoms with Crippen LogP contribution in [-0.2, 0) is 6.54 Å². The van der Waals surface area contributed by atoms with Gasteiger partial charge >= 0.3 is 0 Å². The fraction of sp³-hybridized carbons (Fsp3) is 0.235. The summed E-state index contributed by atoms with van der Waals surface area (Å²) >= 11 is 0. The predicted octanol–water partition coefficient (Wildman–Crippen LogP) is 2.29. The number of hydrogen-bond donors (Lipinski definition) is 2. The van der Waals surface area contributed by atoms with Crippen molar-refractivity contribution >= 4 is 5.96 Å². The van der Waals surface area contributed by atoms with Crippen molar-refractivity contribution in [2.45, 2.75) is 19.5 Å². The first-order chi connectivity index (χ1) is 11.8. The lowest BCUT2D eigenvalue weighted by Gasteiger charge is -2.18. The molecule has 124 valence electrons. The van der Waals surface area contributed by atoms with E-state index >= 15 is 0 Å². The fourth-order valence-corrected chi connectivity index (χ4v) is 2.34. The molecule has 0 aliphatic heterocycles. The highest BCUT2D eigenvalue weighted by Gasteiger charge is 2.09. The van der Waals surface area contributed by atoms with Crippen molar-refractivity contribution in [1.29, 1.82) is 0 Å². The van der Waals surface area contributed by atoms with E-state index in [9.17, 15) is 0 Å². The van der Waals surface area contributed by atoms with E-state index in [4.69, 9.17) is 4.52 Å². The second-order valence-electron chi connectivity index (χ2n) is 5.33. The standard InChI is InChI=1S/C17H20N6O/c1-13(21-17(18-2)19-12-15-7-10-24-22-15)14-5-3-6-16(11-14)23-9-4-8-20-23/h3-11,13H,12H2,1-2H3,(H2,18,19,21). The summed E-state index contributed by atoms with van der Waals surface area (Å²) in [5.74, 6) is 0.704. The maximum atomic E-state index is 4.82. The molecule has 0 radical (unpaired) electrons. The molecule has 0 aliphatic rings. The molecular formula is C17H20N6O. The summed E-state index contributed by atoms with van der Waals surface area (Å²) in [4.78, 5) is 4.24. The van der Waals surface area contributed by atoms with Gasteiger partial charge < -0.3 is 15.2 Å². The Morgan fingerprint density at radius 1 is 1.33 bits per heavy atom. The van der Waals surface area contributed by atoms with Gasteiger partial charge in [0.25, 0.3) is 0 Å². The summed E-state index contributed by atoms with van der Waals surface area (Å²) in [6, 6.07) is 12.0. The molecule has 1 unspecified atom stereocenters. The van der Waals surface area contributed by atoms with Crippen LogP contribution in [0.2, 0.25) is 0 Å². The van der Waals surface area contributed by atoms with Gasteiger partial charge in [0.05, 0.1) is 18.3 Å². The third-order valence-corrected chi connectivity index (χ3v) is 3.64. The molecule has 2 N–H and O–H groups in total. The fourth-order valence-electron chi connectivity index (χ4n) is 2.34. The number of hydrogen-bond acceptors (Lipinski definition) is 4. The Kier molecular flexibility index (Phi) is 4.90. The van der Waals surface area contributed by atoms with Crippen molar-refractivity contribution in [3.8, 4) is 5.69 Å². The number of nitrogens with zero attached hydrogens (tertiary/aromatic N) is 4. The minimum atomic E-state index is 0.0871. The lowest BCUT2D eigenvalue weighted by molar-refractivity contribution is 0.410. The van der Waals surface area contributed by atoms with Crippen LogP contribution in [0.15, 0.2) is 64.6 Å². The minimum Gasteiger partial charge on any atom is -0.364 e. The monoisotopic (exact) mass is 324 g/mol. The van der Waals surface area contributed by atoms with Gasteiger partial charge in [0.1, 0.15) is 12.0 Å². The van der Waals surface area contributed by atoms with Crippen LogP contribution in [0.25, 0.3) is 5.69 Å². The van der Waals surface area contributed by atoms with Crippen molar-refractivity contribution in [1.82, 2.24) is 25.6 Å². The molecule has 7 nitrogen and oxygen atoms in total. The maximum Gasteiger partial charge on any atom is 0.191 e. The zero-order valence-electron chi connectivity index (χ0n) is 13.7. The number of rotatable bonds is 5. The number of aliphatic imine (C=N–C) groups is 1. The SMILES string of the molecule is CN=C(NCc1ccon1)NC(C)c1cccc(-n2cccn2)c1. The predicted molar refractivity (Wildman–Crippen MR) is 91.8 cm³/mol. The van der Waals surface area contributed by atoms with Crippen LogP contribution in [0.5, 0.6) is 0 Å². The number of aromatic nitrogens is 3. The number of benzene rings is 1. The average Bonchev–Trinajstić information content (AvgIpc) is 3.32. The molecule has 0 aliphatic carbocycles. The third kappa shape index (κ3) is 3.81. The Bertz CT molecular complexity index is 779. The van der Waals surface area contributed by atoms with Gasteiger partial charge in [-0.3, -0.25) is 4.99 Å². The molecule has 1 atom stereocenters. The molecule has 0 bridgehead atoms. The van der Waals surface area contributed by atoms with Gasteiger partial charge in [-0.05, 0) is 30.7 Å². The first kappa shape index (κ1) is 15.8. The van der Waals surface area contributed by atoms with E-state index in [2.05, 4.69) is 44.9 Å². The van der Waals surface area contributed by atoms with Crippen molar-refractivity contribution in [2.24, 2.45) is 4.99 Å². The second-order valence-corrected chi connectivity index (χ2v) is 5.33. The molecule has 0 saturated carbocycles. The maximum absolute atomic E-state index is 4.82. The van der Waals surface area contributed by atoms with Gasteiger partial charge in [-0.1, -0.05) is 17.3 Å². The molecule has 24 heavy (non-hydrogen) atoms. The molecule has 0 spiro atoms. The molecular weight excluding hydrogens is 304 g/mol. The second kappa shape index (κ2) is 7.45. The highest BCUT2D eigenvalue weighted by molar-refractivity contribution is 5.80. The van der Waals surface area contributed by atoms with Gasteiger partial charge in [0.2, 0.25) is 0 Å². The first-order valence-corrected chi connectivity index (χ1v) is 7.72. The van der Waals surface area contributed by atoms with Crippen molar-refractivity contribution in [3.05, 3.63) is 66.3 Å². The molecule has 3 aromatic rings. The average molecular weight is 324 g/mol. The van der Waals surface area contributed by atoms with Gasteiger partial charge in [0.15, 0.2) is 5.96 Å². The van der Waals surface area contributed by atoms with E-state index in [1.54, 1.807) is 19.5 Å². The summed E-state index contributed by atoms with van der Waals surface area (Å²) in [5.41, 5.74) is 3.00. The number of nitrogens with one attached hydrogen (secondary N) is 2. The van der Waals surface area contributed by atoms with E-state index in [0.29, 0.717) is 12.5 Å². The summed E-state index contributed by atoms with van der Waals surface area (Å²) in [7, 11) is 1.74. The van der Waals surface area contributed by atoms with Crippen LogP contribution in [0.1, 0.15) is 24.2 Å². The van der Waals surface area contributed by atoms with Crippen LogP contribution in [0.3, 0.4) is 0 Å². The van der Waals surface area contributed by atoms with Crippen molar-refractivity contribution in [3.63, 3.8) is 0 Å². The van der Waals surface area contributed by atoms with Crippen LogP contribution < -0.4 is 10.6 Å². The zero-order valence-corrected chi connectivity index (χ0v) is 13.7. The Hall–Kier alpha value is -3.09. The van der Waals surface area contributed by atoms with Crippen LogP contribution in [-0.4, -0.2) is 27.9 Å². The Balaban J connectivity index is 1.65. The lowest BCUT2D eigenvalue weighted by atomic mass is 10.1. The largest absolute Gasteiger partial charge is 0.364 e. The van der Waals surface area contributed by atoms with Crippen molar-refractivity contribution in [2.75, 3.05) is 7.05 Å². The summed E-state index contributed by atoms with van der Waals surface area (Å²) in [6.07, 6.45) is 5.25. The van der Waals surface area contributed by atoms with Crippen molar-refractivity contribution < 1.29 is 4.52 Å². The van der Waals surface area contributed by atoms with Crippen LogP contribution >= 0.6 is 0 Å². The van der Waals surface area contributed by atoms with E-state index < -0.39 is 0 Å². The molecule has 0 saturated heterocycles. The first-order valence-electron chi connectivity index (χ1n) is 7.72. The Morgan fingerprint density at radius 2 is 2.25 bits per heavy atom. The normalized spacial score (nSPS) is 12.8.